The molecule has 0 aliphatic carbocycles. The number of ether oxygens (including phenoxy) is 1. The number of nitrogens with zero attached hydrogens (tertiary/aromatic N) is 13. The van der Waals surface area contributed by atoms with Crippen molar-refractivity contribution in [2.75, 3.05) is 45.9 Å². The average molecular weight is 849 g/mol. The summed E-state index contributed by atoms with van der Waals surface area (Å²) in [6.45, 7) is 44.1. The second kappa shape index (κ2) is 17.5. The van der Waals surface area contributed by atoms with E-state index in [2.05, 4.69) is 64.2 Å². The topological polar surface area (TPSA) is 149 Å². The maximum atomic E-state index is 12.1. The van der Waals surface area contributed by atoms with Crippen molar-refractivity contribution in [3.05, 3.63) is 107 Å². The summed E-state index contributed by atoms with van der Waals surface area (Å²) in [7, 11) is -1.16. The highest BCUT2D eigenvalue weighted by Gasteiger charge is 2.51. The van der Waals surface area contributed by atoms with E-state index in [1.165, 1.54) is 0 Å². The third-order valence-electron chi connectivity index (χ3n) is 11.5. The van der Waals surface area contributed by atoms with Gasteiger partial charge in [0.1, 0.15) is 18.0 Å². The van der Waals surface area contributed by atoms with Gasteiger partial charge in [0, 0.05) is 97.7 Å². The SMILES string of the molecule is [C-]#[N+]CC1(n2cc(-c3c([N+]#[C-])cnc4[nH]ccc34)cn2)CN(C(=O)CC)C1.[C-]#[N+]CC1(n2cc(-c3c([N+]#[C-])cnc4c3ccn4COCC[Si](C)(C)C)cn2)CN(C(=O)CC)C1. The largest absolute Gasteiger partial charge is 0.361 e. The van der Waals surface area contributed by atoms with Crippen molar-refractivity contribution in [3.8, 4) is 22.3 Å². The van der Waals surface area contributed by atoms with Crippen LogP contribution in [0.4, 0.5) is 11.4 Å². The Balaban J connectivity index is 0.000000192. The van der Waals surface area contributed by atoms with Crippen molar-refractivity contribution in [1.29, 1.82) is 0 Å². The number of carbonyl (C=O) groups is 2. The smallest absolute Gasteiger partial charge is 0.243 e. The number of amides is 2. The molecule has 0 spiro atoms. The third-order valence-corrected chi connectivity index (χ3v) is 13.2. The molecule has 6 aromatic rings. The third kappa shape index (κ3) is 8.18. The Morgan fingerprint density at radius 3 is 1.81 bits per heavy atom. The lowest BCUT2D eigenvalue weighted by Crippen LogP contribution is -2.65. The van der Waals surface area contributed by atoms with E-state index >= 15 is 0 Å². The van der Waals surface area contributed by atoms with Crippen LogP contribution in [0.25, 0.3) is 63.7 Å². The maximum absolute atomic E-state index is 12.1. The Kier molecular flexibility index (Phi) is 12.1. The zero-order valence-electron chi connectivity index (χ0n) is 35.6. The van der Waals surface area contributed by atoms with Crippen LogP contribution in [0.2, 0.25) is 25.7 Å². The van der Waals surface area contributed by atoms with Crippen molar-refractivity contribution < 1.29 is 14.3 Å². The second-order valence-corrected chi connectivity index (χ2v) is 22.6. The summed E-state index contributed by atoms with van der Waals surface area (Å²) in [4.78, 5) is 53.9. The molecule has 8 rings (SSSR count). The number of pyridine rings is 2. The van der Waals surface area contributed by atoms with Gasteiger partial charge in [-0.2, -0.15) is 10.2 Å². The molecule has 2 aliphatic rings. The Morgan fingerprint density at radius 1 is 0.774 bits per heavy atom. The van der Waals surface area contributed by atoms with Crippen molar-refractivity contribution in [2.24, 2.45) is 0 Å². The Labute approximate surface area is 361 Å². The highest BCUT2D eigenvalue weighted by molar-refractivity contribution is 6.76. The van der Waals surface area contributed by atoms with Crippen LogP contribution in [0.3, 0.4) is 0 Å². The van der Waals surface area contributed by atoms with Crippen LogP contribution in [0, 0.1) is 26.3 Å². The van der Waals surface area contributed by atoms with Gasteiger partial charge in [-0.25, -0.2) is 27.8 Å². The van der Waals surface area contributed by atoms with E-state index in [4.69, 9.17) is 31.0 Å². The molecule has 62 heavy (non-hydrogen) atoms. The number of rotatable bonds is 13. The Bertz CT molecular complexity index is 2800. The molecule has 17 nitrogen and oxygen atoms in total. The van der Waals surface area contributed by atoms with E-state index in [1.54, 1.807) is 50.1 Å². The molecule has 0 bridgehead atoms. The molecule has 0 aromatic carbocycles. The van der Waals surface area contributed by atoms with Gasteiger partial charge >= 0.3 is 0 Å². The van der Waals surface area contributed by atoms with E-state index in [-0.39, 0.29) is 24.9 Å². The zero-order chi connectivity index (χ0) is 44.2. The molecule has 8 heterocycles. The molecule has 2 aliphatic heterocycles. The summed E-state index contributed by atoms with van der Waals surface area (Å²) in [5, 5.41) is 10.8. The highest BCUT2D eigenvalue weighted by atomic mass is 28.3. The van der Waals surface area contributed by atoms with Crippen LogP contribution < -0.4 is 0 Å². The predicted molar refractivity (Wildman–Crippen MR) is 238 cm³/mol. The minimum Gasteiger partial charge on any atom is -0.361 e. The highest BCUT2D eigenvalue weighted by Crippen LogP contribution is 2.40. The normalized spacial score (nSPS) is 15.0. The number of nitrogens with one attached hydrogen (secondary N) is 1. The monoisotopic (exact) mass is 848 g/mol. The molecule has 0 unspecified atom stereocenters. The van der Waals surface area contributed by atoms with Gasteiger partial charge in [-0.15, -0.1) is 0 Å². The van der Waals surface area contributed by atoms with E-state index in [0.29, 0.717) is 62.8 Å². The summed E-state index contributed by atoms with van der Waals surface area (Å²) in [6, 6.07) is 4.95. The van der Waals surface area contributed by atoms with E-state index < -0.39 is 19.2 Å². The van der Waals surface area contributed by atoms with Gasteiger partial charge in [-0.1, -0.05) is 33.5 Å². The van der Waals surface area contributed by atoms with Crippen molar-refractivity contribution in [2.45, 2.75) is 70.2 Å². The number of likely N-dealkylation sites (tertiary alicyclic amines) is 2. The van der Waals surface area contributed by atoms with Crippen LogP contribution in [0.5, 0.6) is 0 Å². The summed E-state index contributed by atoms with van der Waals surface area (Å²) in [6.07, 6.45) is 15.0. The van der Waals surface area contributed by atoms with Crippen molar-refractivity contribution >= 4 is 53.3 Å². The van der Waals surface area contributed by atoms with Crippen LogP contribution in [0.1, 0.15) is 26.7 Å². The molecular formula is C44H48N14O3Si. The number of aromatic nitrogens is 8. The first-order chi connectivity index (χ1) is 29.8. The lowest BCUT2D eigenvalue weighted by Gasteiger charge is -2.46. The molecule has 2 amide bonds. The fraction of sp³-hybridized carbons (Fsp3) is 0.409. The quantitative estimate of drug-likeness (QED) is 0.0720. The molecule has 18 heteroatoms. The fourth-order valence-electron chi connectivity index (χ4n) is 8.03. The van der Waals surface area contributed by atoms with Gasteiger partial charge in [0.15, 0.2) is 11.1 Å². The average Bonchev–Trinajstić information content (AvgIpc) is 4.08. The molecule has 2 saturated heterocycles. The van der Waals surface area contributed by atoms with Gasteiger partial charge in [0.2, 0.25) is 36.3 Å². The number of carbonyl (C=O) groups excluding carboxylic acids is 2. The number of aromatic amines is 1. The zero-order valence-corrected chi connectivity index (χ0v) is 36.6. The van der Waals surface area contributed by atoms with Gasteiger partial charge in [0.25, 0.3) is 0 Å². The second-order valence-electron chi connectivity index (χ2n) is 17.0. The first-order valence-electron chi connectivity index (χ1n) is 20.4. The van der Waals surface area contributed by atoms with Gasteiger partial charge < -0.3 is 33.8 Å². The molecule has 0 saturated carbocycles. The van der Waals surface area contributed by atoms with Crippen molar-refractivity contribution in [3.63, 3.8) is 0 Å². The molecular weight excluding hydrogens is 801 g/mol. The van der Waals surface area contributed by atoms with Crippen LogP contribution in [-0.2, 0) is 32.1 Å². The maximum Gasteiger partial charge on any atom is 0.243 e. The minimum atomic E-state index is -1.16. The molecule has 0 atom stereocenters. The van der Waals surface area contributed by atoms with E-state index in [0.717, 1.165) is 51.3 Å². The van der Waals surface area contributed by atoms with Gasteiger partial charge in [-0.05, 0) is 18.2 Å². The first kappa shape index (κ1) is 43.0. The molecule has 316 valence electrons. The molecule has 6 aromatic heterocycles. The number of hydrogen-bond donors (Lipinski definition) is 1. The van der Waals surface area contributed by atoms with Crippen LogP contribution in [0.15, 0.2) is 61.7 Å². The Hall–Kier alpha value is -7.12. The van der Waals surface area contributed by atoms with Gasteiger partial charge in [-0.3, -0.25) is 23.9 Å². The van der Waals surface area contributed by atoms with E-state index in [1.807, 2.05) is 49.1 Å². The van der Waals surface area contributed by atoms with E-state index in [9.17, 15) is 9.59 Å². The lowest BCUT2D eigenvalue weighted by molar-refractivity contribution is -0.142. The number of hydrogen-bond acceptors (Lipinski definition) is 7. The fourth-order valence-corrected chi connectivity index (χ4v) is 8.78. The van der Waals surface area contributed by atoms with Gasteiger partial charge in [0.05, 0.1) is 51.7 Å². The molecule has 2 fully saturated rings. The Morgan fingerprint density at radius 2 is 1.31 bits per heavy atom. The summed E-state index contributed by atoms with van der Waals surface area (Å²) >= 11 is 0. The van der Waals surface area contributed by atoms with Crippen LogP contribution >= 0.6 is 0 Å². The lowest BCUT2D eigenvalue weighted by atomic mass is 9.89. The number of fused-ring (bicyclic) bond motifs is 2. The molecule has 0 radical (unpaired) electrons. The molecule has 1 N–H and O–H groups in total. The predicted octanol–water partition coefficient (Wildman–Crippen LogP) is 7.47. The van der Waals surface area contributed by atoms with Crippen LogP contribution in [-0.4, -0.2) is 115 Å². The van der Waals surface area contributed by atoms with Crippen molar-refractivity contribution in [1.82, 2.24) is 48.9 Å². The summed E-state index contributed by atoms with van der Waals surface area (Å²) in [5.41, 5.74) is 4.48. The standard InChI is InChI=1S/C25H31N7O2Si.C19H17N7O/c1-7-22(33)31-16-25(17-31,15-26-2)32-14-19(12-29-32)23-20-8-9-30(18-34-10-11-35(4,5)6)24(20)28-13-21(23)27-3;1-4-16(27)25-11-19(12-25,10-20-2)26-9-13(7-24-26)17-14-5-6-22-18(14)23-8-15(17)21-3/h8-9,12-14H,7,10-11,15-18H2,1,4-6H3;5-9H,4,10-12H2,1H3,(H,22,23). The summed E-state index contributed by atoms with van der Waals surface area (Å²) in [5.74, 6) is 0.166. The number of H-pyrrole nitrogens is 1. The minimum absolute atomic E-state index is 0.0810. The summed E-state index contributed by atoms with van der Waals surface area (Å²) < 4.78 is 11.5. The first-order valence-corrected chi connectivity index (χ1v) is 24.1.